The molecule has 0 saturated heterocycles. The van der Waals surface area contributed by atoms with Crippen LogP contribution < -0.4 is 4.90 Å². The van der Waals surface area contributed by atoms with E-state index in [-0.39, 0.29) is 17.9 Å². The number of carbonyl (C=O) groups excluding carboxylic acids is 2. The maximum absolute atomic E-state index is 11.9. The molecule has 1 aliphatic heterocycles. The van der Waals surface area contributed by atoms with E-state index in [9.17, 15) is 19.7 Å². The molecule has 0 radical (unpaired) electrons. The average Bonchev–Trinajstić information content (AvgIpc) is 2.71. The lowest BCUT2D eigenvalue weighted by atomic mass is 10.1. The predicted molar refractivity (Wildman–Crippen MR) is 75.3 cm³/mol. The number of nitro groups is 1. The summed E-state index contributed by atoms with van der Waals surface area (Å²) in [5.74, 6) is -1.32. The topological polar surface area (TPSA) is 101 Å². The number of anilines is 1. The number of hydrogen-bond acceptors (Lipinski definition) is 5. The lowest BCUT2D eigenvalue weighted by Crippen LogP contribution is -2.30. The molecule has 0 saturated carbocycles. The Balaban J connectivity index is 2.10. The first-order chi connectivity index (χ1) is 10.1. The number of non-ortho nitro benzene ring substituents is 1. The Bertz CT molecular complexity index is 585. The van der Waals surface area contributed by atoms with Gasteiger partial charge in [-0.1, -0.05) is 12.8 Å². The van der Waals surface area contributed by atoms with Crippen LogP contribution in [0.4, 0.5) is 11.4 Å². The third kappa shape index (κ3) is 3.08. The predicted octanol–water partition coefficient (Wildman–Crippen LogP) is 1.68. The molecule has 112 valence electrons. The van der Waals surface area contributed by atoms with Crippen molar-refractivity contribution < 1.29 is 19.6 Å². The van der Waals surface area contributed by atoms with E-state index >= 15 is 0 Å². The van der Waals surface area contributed by atoms with Gasteiger partial charge in [0.15, 0.2) is 0 Å². The Morgan fingerprint density at radius 2 is 1.86 bits per heavy atom. The second-order valence-corrected chi connectivity index (χ2v) is 4.88. The van der Waals surface area contributed by atoms with Crippen molar-refractivity contribution in [2.24, 2.45) is 0 Å². The van der Waals surface area contributed by atoms with E-state index in [4.69, 9.17) is 5.11 Å². The molecule has 1 amide bonds. The van der Waals surface area contributed by atoms with Crippen LogP contribution in [0, 0.1) is 10.1 Å². The van der Waals surface area contributed by atoms with Crippen LogP contribution in [-0.2, 0) is 4.79 Å². The zero-order chi connectivity index (χ0) is 15.4. The van der Waals surface area contributed by atoms with Crippen molar-refractivity contribution in [3.05, 3.63) is 33.9 Å². The Morgan fingerprint density at radius 3 is 2.52 bits per heavy atom. The number of unbranched alkanes of at least 4 members (excludes halogenated alkanes) is 3. The molecule has 7 heteroatoms. The van der Waals surface area contributed by atoms with Crippen LogP contribution in [0.1, 0.15) is 36.0 Å². The van der Waals surface area contributed by atoms with Crippen LogP contribution in [0.25, 0.3) is 0 Å². The van der Waals surface area contributed by atoms with Crippen molar-refractivity contribution >= 4 is 23.1 Å². The first-order valence-corrected chi connectivity index (χ1v) is 6.81. The number of Topliss-reactive ketones (excluding diaryl/α,β-unsaturated/α-hetero) is 1. The highest BCUT2D eigenvalue weighted by Gasteiger charge is 2.36. The summed E-state index contributed by atoms with van der Waals surface area (Å²) in [5.41, 5.74) is 0.349. The number of carbonyl (C=O) groups is 2. The van der Waals surface area contributed by atoms with Crippen LogP contribution in [0.5, 0.6) is 0 Å². The molecule has 21 heavy (non-hydrogen) atoms. The number of nitro benzene ring substituents is 1. The van der Waals surface area contributed by atoms with Gasteiger partial charge in [0.05, 0.1) is 16.2 Å². The van der Waals surface area contributed by atoms with Gasteiger partial charge in [-0.25, -0.2) is 0 Å². The van der Waals surface area contributed by atoms with Crippen LogP contribution in [0.3, 0.4) is 0 Å². The molecule has 0 unspecified atom stereocenters. The molecule has 1 heterocycles. The Hall–Kier alpha value is -2.28. The molecule has 7 nitrogen and oxygen atoms in total. The van der Waals surface area contributed by atoms with Crippen molar-refractivity contribution in [1.29, 1.82) is 0 Å². The zero-order valence-corrected chi connectivity index (χ0v) is 11.4. The second-order valence-electron chi connectivity index (χ2n) is 4.88. The summed E-state index contributed by atoms with van der Waals surface area (Å²) in [4.78, 5) is 35.3. The first kappa shape index (κ1) is 15.1. The maximum Gasteiger partial charge on any atom is 0.299 e. The minimum Gasteiger partial charge on any atom is -0.396 e. The number of ketones is 1. The van der Waals surface area contributed by atoms with Gasteiger partial charge in [0.25, 0.3) is 17.4 Å². The smallest absolute Gasteiger partial charge is 0.299 e. The number of amides is 1. The van der Waals surface area contributed by atoms with Crippen molar-refractivity contribution in [2.45, 2.75) is 25.7 Å². The fraction of sp³-hybridized carbons (Fsp3) is 0.429. The average molecular weight is 292 g/mol. The van der Waals surface area contributed by atoms with Gasteiger partial charge in [0, 0.05) is 25.3 Å². The third-order valence-corrected chi connectivity index (χ3v) is 3.46. The summed E-state index contributed by atoms with van der Waals surface area (Å²) in [6.45, 7) is 0.550. The second kappa shape index (κ2) is 6.45. The van der Waals surface area contributed by atoms with E-state index in [1.165, 1.54) is 17.0 Å². The highest BCUT2D eigenvalue weighted by molar-refractivity contribution is 6.52. The van der Waals surface area contributed by atoms with E-state index in [2.05, 4.69) is 0 Å². The van der Waals surface area contributed by atoms with Crippen molar-refractivity contribution in [3.63, 3.8) is 0 Å². The lowest BCUT2D eigenvalue weighted by molar-refractivity contribution is -0.384. The number of hydrogen-bond donors (Lipinski definition) is 1. The minimum atomic E-state index is -0.691. The minimum absolute atomic E-state index is 0.101. The van der Waals surface area contributed by atoms with Gasteiger partial charge in [-0.05, 0) is 18.9 Å². The van der Waals surface area contributed by atoms with Gasteiger partial charge < -0.3 is 10.0 Å². The third-order valence-electron chi connectivity index (χ3n) is 3.46. The molecule has 0 bridgehead atoms. The molecule has 0 aliphatic carbocycles. The van der Waals surface area contributed by atoms with E-state index in [0.29, 0.717) is 12.2 Å². The Labute approximate surface area is 121 Å². The summed E-state index contributed by atoms with van der Waals surface area (Å²) < 4.78 is 0. The van der Waals surface area contributed by atoms with Crippen molar-refractivity contribution in [2.75, 3.05) is 18.1 Å². The monoisotopic (exact) mass is 292 g/mol. The van der Waals surface area contributed by atoms with Gasteiger partial charge in [-0.3, -0.25) is 19.7 Å². The number of fused-ring (bicyclic) bond motifs is 1. The summed E-state index contributed by atoms with van der Waals surface area (Å²) in [5, 5.41) is 19.4. The molecule has 0 aromatic heterocycles. The number of aliphatic hydroxyl groups excluding tert-OH is 1. The Kier molecular flexibility index (Phi) is 4.64. The van der Waals surface area contributed by atoms with Gasteiger partial charge >= 0.3 is 0 Å². The van der Waals surface area contributed by atoms with Crippen LogP contribution in [-0.4, -0.2) is 34.9 Å². The molecule has 2 rings (SSSR count). The van der Waals surface area contributed by atoms with Gasteiger partial charge in [-0.15, -0.1) is 0 Å². The summed E-state index contributed by atoms with van der Waals surface area (Å²) >= 11 is 0. The van der Waals surface area contributed by atoms with E-state index in [1.54, 1.807) is 0 Å². The summed E-state index contributed by atoms with van der Waals surface area (Å²) in [7, 11) is 0. The van der Waals surface area contributed by atoms with Crippen LogP contribution in [0.2, 0.25) is 0 Å². The molecule has 1 aromatic rings. The SMILES string of the molecule is O=C1C(=O)N(CCCCCCO)c2ccc([N+](=O)[O-])cc21. The highest BCUT2D eigenvalue weighted by Crippen LogP contribution is 2.32. The zero-order valence-electron chi connectivity index (χ0n) is 11.4. The van der Waals surface area contributed by atoms with Crippen LogP contribution >= 0.6 is 0 Å². The number of nitrogens with zero attached hydrogens (tertiary/aromatic N) is 2. The van der Waals surface area contributed by atoms with E-state index < -0.39 is 16.6 Å². The number of rotatable bonds is 7. The molecule has 0 spiro atoms. The van der Waals surface area contributed by atoms with E-state index in [0.717, 1.165) is 31.7 Å². The molecule has 0 atom stereocenters. The van der Waals surface area contributed by atoms with Gasteiger partial charge in [0.1, 0.15) is 0 Å². The molecule has 0 fully saturated rings. The Morgan fingerprint density at radius 1 is 1.14 bits per heavy atom. The quantitative estimate of drug-likeness (QED) is 0.356. The van der Waals surface area contributed by atoms with Gasteiger partial charge in [0.2, 0.25) is 0 Å². The van der Waals surface area contributed by atoms with Crippen LogP contribution in [0.15, 0.2) is 18.2 Å². The number of benzene rings is 1. The molecular formula is C14H16N2O5. The summed E-state index contributed by atoms with van der Waals surface area (Å²) in [6.07, 6.45) is 3.14. The standard InChI is InChI=1S/C14H16N2O5/c17-8-4-2-1-3-7-15-12-6-5-10(16(20)21)9-11(12)13(18)14(15)19/h5-6,9,17H,1-4,7-8H2. The van der Waals surface area contributed by atoms with Crippen molar-refractivity contribution in [3.8, 4) is 0 Å². The maximum atomic E-state index is 11.9. The molecular weight excluding hydrogens is 276 g/mol. The first-order valence-electron chi connectivity index (χ1n) is 6.81. The molecule has 1 N–H and O–H groups in total. The summed E-state index contributed by atoms with van der Waals surface area (Å²) in [6, 6.07) is 3.90. The van der Waals surface area contributed by atoms with Crippen molar-refractivity contribution in [1.82, 2.24) is 0 Å². The highest BCUT2D eigenvalue weighted by atomic mass is 16.6. The largest absolute Gasteiger partial charge is 0.396 e. The fourth-order valence-corrected chi connectivity index (χ4v) is 2.36. The molecule has 1 aliphatic rings. The van der Waals surface area contributed by atoms with Gasteiger partial charge in [-0.2, -0.15) is 0 Å². The molecule has 1 aromatic carbocycles. The van der Waals surface area contributed by atoms with E-state index in [1.807, 2.05) is 0 Å². The normalized spacial score (nSPS) is 13.7. The number of aliphatic hydroxyl groups is 1. The fourth-order valence-electron chi connectivity index (χ4n) is 2.36. The lowest BCUT2D eigenvalue weighted by Gasteiger charge is -2.16.